The van der Waals surface area contributed by atoms with Crippen LogP contribution in [-0.4, -0.2) is 17.3 Å². The van der Waals surface area contributed by atoms with Gasteiger partial charge in [-0.1, -0.05) is 26.7 Å². The first-order valence-corrected chi connectivity index (χ1v) is 7.20. The lowest BCUT2D eigenvalue weighted by Crippen LogP contribution is -2.50. The summed E-state index contributed by atoms with van der Waals surface area (Å²) in [6.45, 7) is 8.52. The second-order valence-electron chi connectivity index (χ2n) is 6.60. The second kappa shape index (κ2) is 5.60. The van der Waals surface area contributed by atoms with Crippen LogP contribution in [0.25, 0.3) is 0 Å². The third-order valence-electron chi connectivity index (χ3n) is 4.00. The zero-order chi connectivity index (χ0) is 13.1. The molecular formula is C14H26ClNO. The quantitative estimate of drug-likeness (QED) is 0.766. The fourth-order valence-corrected chi connectivity index (χ4v) is 3.17. The smallest absolute Gasteiger partial charge is 0.224 e. The van der Waals surface area contributed by atoms with E-state index in [0.29, 0.717) is 5.88 Å². The molecule has 0 radical (unpaired) electrons. The molecule has 0 heterocycles. The Bertz CT molecular complexity index is 273. The average Bonchev–Trinajstić information content (AvgIpc) is 2.15. The number of rotatable bonds is 4. The van der Waals surface area contributed by atoms with Crippen molar-refractivity contribution in [2.24, 2.45) is 11.3 Å². The second-order valence-corrected chi connectivity index (χ2v) is 6.98. The molecule has 0 bridgehead atoms. The molecule has 1 rings (SSSR count). The molecule has 0 aromatic rings. The van der Waals surface area contributed by atoms with Gasteiger partial charge in [-0.05, 0) is 38.5 Å². The number of alkyl halides is 1. The summed E-state index contributed by atoms with van der Waals surface area (Å²) in [7, 11) is 0. The van der Waals surface area contributed by atoms with Crippen molar-refractivity contribution in [2.45, 2.75) is 65.3 Å². The molecule has 100 valence electrons. The lowest BCUT2D eigenvalue weighted by Gasteiger charge is -2.39. The molecule has 17 heavy (non-hydrogen) atoms. The Labute approximate surface area is 110 Å². The van der Waals surface area contributed by atoms with Crippen molar-refractivity contribution in [2.75, 3.05) is 5.88 Å². The molecule has 1 fully saturated rings. The summed E-state index contributed by atoms with van der Waals surface area (Å²) in [5, 5.41) is 3.16. The van der Waals surface area contributed by atoms with Gasteiger partial charge < -0.3 is 5.32 Å². The lowest BCUT2D eigenvalue weighted by molar-refractivity contribution is -0.131. The molecule has 1 amide bonds. The molecule has 1 unspecified atom stereocenters. The van der Waals surface area contributed by atoms with Crippen LogP contribution in [-0.2, 0) is 4.79 Å². The number of nitrogens with one attached hydrogen (secondary N) is 1. The van der Waals surface area contributed by atoms with E-state index in [4.69, 9.17) is 11.6 Å². The van der Waals surface area contributed by atoms with Crippen LogP contribution in [0, 0.1) is 11.3 Å². The van der Waals surface area contributed by atoms with Gasteiger partial charge in [-0.15, -0.1) is 11.6 Å². The molecule has 1 N–H and O–H groups in total. The molecule has 2 nitrogen and oxygen atoms in total. The van der Waals surface area contributed by atoms with Crippen molar-refractivity contribution < 1.29 is 4.79 Å². The Morgan fingerprint density at radius 1 is 1.41 bits per heavy atom. The van der Waals surface area contributed by atoms with Gasteiger partial charge in [0.15, 0.2) is 0 Å². The minimum atomic E-state index is -0.188. The molecule has 1 aliphatic carbocycles. The Kier molecular flexibility index (Phi) is 4.88. The fourth-order valence-electron chi connectivity index (χ4n) is 2.70. The summed E-state index contributed by atoms with van der Waals surface area (Å²) in [5.41, 5.74) is -0.0499. The summed E-state index contributed by atoms with van der Waals surface area (Å²) < 4.78 is 0. The van der Waals surface area contributed by atoms with Gasteiger partial charge in [0.1, 0.15) is 0 Å². The molecular weight excluding hydrogens is 234 g/mol. The molecule has 1 aliphatic rings. The van der Waals surface area contributed by atoms with Crippen molar-refractivity contribution >= 4 is 17.5 Å². The average molecular weight is 260 g/mol. The largest absolute Gasteiger partial charge is 0.351 e. The number of carbonyl (C=O) groups is 1. The Hall–Kier alpha value is -0.240. The number of halogens is 1. The number of hydrogen-bond acceptors (Lipinski definition) is 1. The number of amides is 1. The molecule has 0 aromatic heterocycles. The van der Waals surface area contributed by atoms with Gasteiger partial charge in [0.05, 0.1) is 0 Å². The summed E-state index contributed by atoms with van der Waals surface area (Å²) in [4.78, 5) is 12.3. The summed E-state index contributed by atoms with van der Waals surface area (Å²) >= 11 is 5.76. The zero-order valence-corrected chi connectivity index (χ0v) is 12.4. The molecule has 0 aliphatic heterocycles. The van der Waals surface area contributed by atoms with E-state index in [0.717, 1.165) is 19.3 Å². The predicted molar refractivity (Wildman–Crippen MR) is 73.3 cm³/mol. The standard InChI is InChI=1S/C14H26ClNO/c1-13(2)8-6-5-7-11(13)12(17)16-14(3,4)9-10-15/h11H,5-10H2,1-4H3,(H,16,17). The highest BCUT2D eigenvalue weighted by molar-refractivity contribution is 6.17. The van der Waals surface area contributed by atoms with E-state index in [2.05, 4.69) is 19.2 Å². The Morgan fingerprint density at radius 2 is 2.06 bits per heavy atom. The van der Waals surface area contributed by atoms with Crippen molar-refractivity contribution in [3.63, 3.8) is 0 Å². The number of carbonyl (C=O) groups excluding carboxylic acids is 1. The highest BCUT2D eigenvalue weighted by Crippen LogP contribution is 2.40. The van der Waals surface area contributed by atoms with Gasteiger partial charge in [0, 0.05) is 17.3 Å². The molecule has 1 saturated carbocycles. The van der Waals surface area contributed by atoms with Crippen molar-refractivity contribution in [1.29, 1.82) is 0 Å². The van der Waals surface area contributed by atoms with Crippen LogP contribution in [0.5, 0.6) is 0 Å². The monoisotopic (exact) mass is 259 g/mol. The van der Waals surface area contributed by atoms with Crippen LogP contribution in [0.1, 0.15) is 59.8 Å². The molecule has 0 aromatic carbocycles. The maximum Gasteiger partial charge on any atom is 0.224 e. The first-order valence-electron chi connectivity index (χ1n) is 6.66. The maximum atomic E-state index is 12.3. The van der Waals surface area contributed by atoms with Crippen LogP contribution in [0.3, 0.4) is 0 Å². The van der Waals surface area contributed by atoms with Gasteiger partial charge in [-0.3, -0.25) is 4.79 Å². The third kappa shape index (κ3) is 4.17. The minimum absolute atomic E-state index is 0.138. The lowest BCUT2D eigenvalue weighted by atomic mass is 9.68. The van der Waals surface area contributed by atoms with E-state index in [9.17, 15) is 4.79 Å². The summed E-state index contributed by atoms with van der Waals surface area (Å²) in [6.07, 6.45) is 5.42. The number of hydrogen-bond donors (Lipinski definition) is 1. The zero-order valence-electron chi connectivity index (χ0n) is 11.6. The van der Waals surface area contributed by atoms with E-state index < -0.39 is 0 Å². The van der Waals surface area contributed by atoms with E-state index in [1.165, 1.54) is 12.8 Å². The SMILES string of the molecule is CC(C)(CCCl)NC(=O)C1CCCCC1(C)C. The summed E-state index contributed by atoms with van der Waals surface area (Å²) in [5.74, 6) is 0.956. The van der Waals surface area contributed by atoms with E-state index in [1.54, 1.807) is 0 Å². The first kappa shape index (κ1) is 14.8. The summed E-state index contributed by atoms with van der Waals surface area (Å²) in [6, 6.07) is 0. The molecule has 1 atom stereocenters. The van der Waals surface area contributed by atoms with Gasteiger partial charge >= 0.3 is 0 Å². The maximum absolute atomic E-state index is 12.3. The molecule has 0 saturated heterocycles. The van der Waals surface area contributed by atoms with Gasteiger partial charge in [0.2, 0.25) is 5.91 Å². The third-order valence-corrected chi connectivity index (χ3v) is 4.19. The minimum Gasteiger partial charge on any atom is -0.351 e. The first-order chi connectivity index (χ1) is 7.78. The predicted octanol–water partition coefficient (Wildman–Crippen LogP) is 3.73. The van der Waals surface area contributed by atoms with Crippen LogP contribution in [0.4, 0.5) is 0 Å². The highest BCUT2D eigenvalue weighted by atomic mass is 35.5. The van der Waals surface area contributed by atoms with Crippen LogP contribution < -0.4 is 5.32 Å². The molecule has 3 heteroatoms. The fraction of sp³-hybridized carbons (Fsp3) is 0.929. The normalized spacial score (nSPS) is 24.4. The topological polar surface area (TPSA) is 29.1 Å². The van der Waals surface area contributed by atoms with Gasteiger partial charge in [0.25, 0.3) is 0 Å². The van der Waals surface area contributed by atoms with Crippen molar-refractivity contribution in [3.8, 4) is 0 Å². The van der Waals surface area contributed by atoms with Crippen molar-refractivity contribution in [3.05, 3.63) is 0 Å². The van der Waals surface area contributed by atoms with Gasteiger partial charge in [-0.25, -0.2) is 0 Å². The van der Waals surface area contributed by atoms with Crippen LogP contribution in [0.15, 0.2) is 0 Å². The van der Waals surface area contributed by atoms with Gasteiger partial charge in [-0.2, -0.15) is 0 Å². The van der Waals surface area contributed by atoms with E-state index >= 15 is 0 Å². The highest BCUT2D eigenvalue weighted by Gasteiger charge is 2.38. The van der Waals surface area contributed by atoms with Crippen molar-refractivity contribution in [1.82, 2.24) is 5.32 Å². The van der Waals surface area contributed by atoms with E-state index in [1.807, 2.05) is 13.8 Å². The molecule has 0 spiro atoms. The van der Waals surface area contributed by atoms with Crippen LogP contribution in [0.2, 0.25) is 0 Å². The van der Waals surface area contributed by atoms with Crippen LogP contribution >= 0.6 is 11.6 Å². The Balaban J connectivity index is 2.63. The Morgan fingerprint density at radius 3 is 2.59 bits per heavy atom. The van der Waals surface area contributed by atoms with E-state index in [-0.39, 0.29) is 22.8 Å².